The van der Waals surface area contributed by atoms with Crippen molar-refractivity contribution in [2.24, 2.45) is 5.84 Å². The Labute approximate surface area is 133 Å². The summed E-state index contributed by atoms with van der Waals surface area (Å²) in [7, 11) is 0. The number of nitrogens with one attached hydrogen (secondary N) is 1. The third kappa shape index (κ3) is 4.13. The SMILES string of the molecule is Cc1ccc(CC(Cc2cccc(F)c2Br)NN)cc1C. The molecule has 0 aromatic heterocycles. The lowest BCUT2D eigenvalue weighted by molar-refractivity contribution is 0.519. The van der Waals surface area contributed by atoms with Crippen molar-refractivity contribution in [1.29, 1.82) is 0 Å². The summed E-state index contributed by atoms with van der Waals surface area (Å²) >= 11 is 3.30. The van der Waals surface area contributed by atoms with Gasteiger partial charge in [0.05, 0.1) is 4.47 Å². The summed E-state index contributed by atoms with van der Waals surface area (Å²) in [5.41, 5.74) is 7.54. The fourth-order valence-corrected chi connectivity index (χ4v) is 2.80. The van der Waals surface area contributed by atoms with Crippen molar-refractivity contribution in [1.82, 2.24) is 5.43 Å². The summed E-state index contributed by atoms with van der Waals surface area (Å²) in [6.07, 6.45) is 1.47. The zero-order valence-electron chi connectivity index (χ0n) is 12.3. The molecular weight excluding hydrogens is 331 g/mol. The first-order chi connectivity index (χ1) is 10.0. The van der Waals surface area contributed by atoms with Crippen molar-refractivity contribution in [3.05, 3.63) is 68.9 Å². The molecule has 1 unspecified atom stereocenters. The number of rotatable bonds is 5. The van der Waals surface area contributed by atoms with Crippen molar-refractivity contribution in [2.75, 3.05) is 0 Å². The Balaban J connectivity index is 2.13. The molecule has 112 valence electrons. The zero-order chi connectivity index (χ0) is 15.4. The third-order valence-electron chi connectivity index (χ3n) is 3.79. The van der Waals surface area contributed by atoms with Gasteiger partial charge in [-0.3, -0.25) is 11.3 Å². The van der Waals surface area contributed by atoms with Crippen LogP contribution in [0.5, 0.6) is 0 Å². The summed E-state index contributed by atoms with van der Waals surface area (Å²) in [5, 5.41) is 0. The molecule has 2 aromatic rings. The van der Waals surface area contributed by atoms with E-state index in [2.05, 4.69) is 53.4 Å². The molecule has 21 heavy (non-hydrogen) atoms. The van der Waals surface area contributed by atoms with Crippen LogP contribution in [-0.4, -0.2) is 6.04 Å². The molecule has 0 heterocycles. The number of nitrogens with two attached hydrogens (primary N) is 1. The van der Waals surface area contributed by atoms with Crippen LogP contribution >= 0.6 is 15.9 Å². The third-order valence-corrected chi connectivity index (χ3v) is 4.68. The summed E-state index contributed by atoms with van der Waals surface area (Å²) < 4.78 is 14.1. The Kier molecular flexibility index (Phi) is 5.51. The number of halogens is 2. The molecule has 1 atom stereocenters. The number of hydrogen-bond acceptors (Lipinski definition) is 2. The molecule has 2 rings (SSSR count). The lowest BCUT2D eigenvalue weighted by atomic mass is 9.97. The van der Waals surface area contributed by atoms with Gasteiger partial charge in [0.2, 0.25) is 0 Å². The van der Waals surface area contributed by atoms with Crippen LogP contribution in [0.3, 0.4) is 0 Å². The van der Waals surface area contributed by atoms with Gasteiger partial charge in [0.25, 0.3) is 0 Å². The maximum atomic E-state index is 13.6. The second kappa shape index (κ2) is 7.16. The number of aryl methyl sites for hydroxylation is 2. The van der Waals surface area contributed by atoms with Gasteiger partial charge in [0.1, 0.15) is 5.82 Å². The van der Waals surface area contributed by atoms with Crippen LogP contribution in [0.1, 0.15) is 22.3 Å². The van der Waals surface area contributed by atoms with Crippen LogP contribution in [0.2, 0.25) is 0 Å². The number of hydrogen-bond donors (Lipinski definition) is 2. The first-order valence-corrected chi connectivity index (χ1v) is 7.75. The van der Waals surface area contributed by atoms with Crippen LogP contribution in [0.25, 0.3) is 0 Å². The van der Waals surface area contributed by atoms with Gasteiger partial charge >= 0.3 is 0 Å². The molecule has 2 aromatic carbocycles. The van der Waals surface area contributed by atoms with E-state index >= 15 is 0 Å². The predicted octanol–water partition coefficient (Wildman–Crippen LogP) is 3.82. The number of hydrazine groups is 1. The predicted molar refractivity (Wildman–Crippen MR) is 88.5 cm³/mol. The minimum atomic E-state index is -0.241. The van der Waals surface area contributed by atoms with E-state index in [4.69, 9.17) is 5.84 Å². The standard InChI is InChI=1S/C17H20BrFN2/c1-11-6-7-13(8-12(11)2)9-15(21-20)10-14-4-3-5-16(19)17(14)18/h3-8,15,21H,9-10,20H2,1-2H3. The maximum absolute atomic E-state index is 13.6. The second-order valence-electron chi connectivity index (χ2n) is 5.40. The molecule has 2 nitrogen and oxygen atoms in total. The topological polar surface area (TPSA) is 38.0 Å². The minimum Gasteiger partial charge on any atom is -0.271 e. The molecule has 0 amide bonds. The molecule has 0 aliphatic heterocycles. The van der Waals surface area contributed by atoms with Gasteiger partial charge < -0.3 is 0 Å². The molecule has 0 aliphatic rings. The fourth-order valence-electron chi connectivity index (χ4n) is 2.38. The highest BCUT2D eigenvalue weighted by molar-refractivity contribution is 9.10. The highest BCUT2D eigenvalue weighted by Crippen LogP contribution is 2.22. The second-order valence-corrected chi connectivity index (χ2v) is 6.20. The van der Waals surface area contributed by atoms with Crippen LogP contribution in [-0.2, 0) is 12.8 Å². The molecule has 0 saturated heterocycles. The molecule has 0 spiro atoms. The van der Waals surface area contributed by atoms with Gasteiger partial charge in [-0.05, 0) is 70.9 Å². The Morgan fingerprint density at radius 1 is 1.14 bits per heavy atom. The Morgan fingerprint density at radius 3 is 2.57 bits per heavy atom. The van der Waals surface area contributed by atoms with E-state index < -0.39 is 0 Å². The van der Waals surface area contributed by atoms with Gasteiger partial charge in [0.15, 0.2) is 0 Å². The van der Waals surface area contributed by atoms with Gasteiger partial charge in [0, 0.05) is 6.04 Å². The molecule has 0 bridgehead atoms. The van der Waals surface area contributed by atoms with Gasteiger partial charge in [-0.15, -0.1) is 0 Å². The molecule has 3 N–H and O–H groups in total. The molecule has 0 saturated carbocycles. The molecule has 0 fully saturated rings. The van der Waals surface area contributed by atoms with E-state index in [0.29, 0.717) is 10.9 Å². The monoisotopic (exact) mass is 350 g/mol. The van der Waals surface area contributed by atoms with Gasteiger partial charge in [-0.25, -0.2) is 4.39 Å². The average molecular weight is 351 g/mol. The Morgan fingerprint density at radius 2 is 1.90 bits per heavy atom. The molecular formula is C17H20BrFN2. The molecule has 0 radical (unpaired) electrons. The quantitative estimate of drug-likeness (QED) is 0.635. The Bertz CT molecular complexity index is 628. The summed E-state index contributed by atoms with van der Waals surface area (Å²) in [6, 6.07) is 11.6. The van der Waals surface area contributed by atoms with E-state index in [1.54, 1.807) is 6.07 Å². The smallest absolute Gasteiger partial charge is 0.137 e. The van der Waals surface area contributed by atoms with E-state index in [9.17, 15) is 4.39 Å². The van der Waals surface area contributed by atoms with E-state index in [1.165, 1.54) is 22.8 Å². The minimum absolute atomic E-state index is 0.0604. The fraction of sp³-hybridized carbons (Fsp3) is 0.294. The van der Waals surface area contributed by atoms with Crippen molar-refractivity contribution >= 4 is 15.9 Å². The van der Waals surface area contributed by atoms with Crippen molar-refractivity contribution in [3.63, 3.8) is 0 Å². The van der Waals surface area contributed by atoms with Crippen LogP contribution in [0.15, 0.2) is 40.9 Å². The van der Waals surface area contributed by atoms with E-state index in [0.717, 1.165) is 12.0 Å². The van der Waals surface area contributed by atoms with Crippen molar-refractivity contribution < 1.29 is 4.39 Å². The normalized spacial score (nSPS) is 12.4. The maximum Gasteiger partial charge on any atom is 0.137 e. The summed E-state index contributed by atoms with van der Waals surface area (Å²) in [6.45, 7) is 4.20. The highest BCUT2D eigenvalue weighted by atomic mass is 79.9. The van der Waals surface area contributed by atoms with E-state index in [-0.39, 0.29) is 11.9 Å². The first kappa shape index (κ1) is 16.1. The van der Waals surface area contributed by atoms with Crippen LogP contribution in [0, 0.1) is 19.7 Å². The van der Waals surface area contributed by atoms with E-state index in [1.807, 2.05) is 6.07 Å². The molecule has 4 heteroatoms. The lowest BCUT2D eigenvalue weighted by Gasteiger charge is -2.17. The summed E-state index contributed by atoms with van der Waals surface area (Å²) in [5.74, 6) is 5.42. The molecule has 0 aliphatic carbocycles. The van der Waals surface area contributed by atoms with Crippen molar-refractivity contribution in [2.45, 2.75) is 32.7 Å². The van der Waals surface area contributed by atoms with Crippen molar-refractivity contribution in [3.8, 4) is 0 Å². The zero-order valence-corrected chi connectivity index (χ0v) is 13.9. The average Bonchev–Trinajstić information content (AvgIpc) is 2.47. The van der Waals surface area contributed by atoms with Gasteiger partial charge in [-0.1, -0.05) is 30.3 Å². The van der Waals surface area contributed by atoms with Crippen LogP contribution in [0.4, 0.5) is 4.39 Å². The summed E-state index contributed by atoms with van der Waals surface area (Å²) in [4.78, 5) is 0. The largest absolute Gasteiger partial charge is 0.271 e. The number of benzene rings is 2. The first-order valence-electron chi connectivity index (χ1n) is 6.96. The Hall–Kier alpha value is -1.23. The highest BCUT2D eigenvalue weighted by Gasteiger charge is 2.13. The van der Waals surface area contributed by atoms with Crippen LogP contribution < -0.4 is 11.3 Å². The lowest BCUT2D eigenvalue weighted by Crippen LogP contribution is -2.38. The van der Waals surface area contributed by atoms with Gasteiger partial charge in [-0.2, -0.15) is 0 Å².